The summed E-state index contributed by atoms with van der Waals surface area (Å²) >= 11 is 6.20. The molecule has 2 aromatic carbocycles. The summed E-state index contributed by atoms with van der Waals surface area (Å²) in [5, 5.41) is 0.695. The van der Waals surface area contributed by atoms with Crippen LogP contribution in [0.25, 0.3) is 0 Å². The van der Waals surface area contributed by atoms with E-state index in [9.17, 15) is 13.6 Å². The van der Waals surface area contributed by atoms with Crippen LogP contribution in [0.5, 0.6) is 5.75 Å². The highest BCUT2D eigenvalue weighted by Crippen LogP contribution is 2.50. The molecule has 0 heterocycles. The number of alkyl halides is 2. The van der Waals surface area contributed by atoms with Crippen LogP contribution in [0.4, 0.5) is 8.78 Å². The zero-order chi connectivity index (χ0) is 18.0. The number of nitrogens with zero attached hydrogens (tertiary/aromatic N) is 1. The highest BCUT2D eigenvalue weighted by molar-refractivity contribution is 6.31. The molecule has 3 nitrogen and oxygen atoms in total. The average molecular weight is 366 g/mol. The lowest BCUT2D eigenvalue weighted by atomic mass is 10.1. The topological polar surface area (TPSA) is 29.5 Å². The molecule has 2 atom stereocenters. The Labute approximate surface area is 150 Å². The van der Waals surface area contributed by atoms with Gasteiger partial charge in [-0.05, 0) is 41.7 Å². The van der Waals surface area contributed by atoms with Gasteiger partial charge in [-0.2, -0.15) is 8.78 Å². The lowest BCUT2D eigenvalue weighted by molar-refractivity contribution is -0.131. The molecule has 0 bridgehead atoms. The van der Waals surface area contributed by atoms with Crippen molar-refractivity contribution in [1.29, 1.82) is 0 Å². The van der Waals surface area contributed by atoms with E-state index in [4.69, 9.17) is 11.6 Å². The molecule has 1 aliphatic carbocycles. The molecule has 1 amide bonds. The van der Waals surface area contributed by atoms with Gasteiger partial charge in [0.1, 0.15) is 5.75 Å². The first-order valence-electron chi connectivity index (χ1n) is 7.99. The number of benzene rings is 2. The van der Waals surface area contributed by atoms with Crippen molar-refractivity contribution in [2.75, 3.05) is 7.05 Å². The molecule has 0 radical (unpaired) electrons. The second-order valence-electron chi connectivity index (χ2n) is 6.19. The van der Waals surface area contributed by atoms with Crippen molar-refractivity contribution in [3.8, 4) is 5.75 Å². The lowest BCUT2D eigenvalue weighted by Crippen LogP contribution is -2.28. The summed E-state index contributed by atoms with van der Waals surface area (Å²) in [6.45, 7) is -2.42. The molecule has 1 aliphatic rings. The second kappa shape index (κ2) is 7.40. The zero-order valence-electron chi connectivity index (χ0n) is 13.7. The first-order chi connectivity index (χ1) is 12.0. The second-order valence-corrected chi connectivity index (χ2v) is 6.59. The van der Waals surface area contributed by atoms with Crippen molar-refractivity contribution in [1.82, 2.24) is 4.90 Å². The minimum absolute atomic E-state index is 0.0497. The Hall–Kier alpha value is -2.14. The van der Waals surface area contributed by atoms with Crippen LogP contribution >= 0.6 is 11.6 Å². The Balaban J connectivity index is 1.58. The summed E-state index contributed by atoms with van der Waals surface area (Å²) in [6.07, 6.45) is 0.800. The fraction of sp³-hybridized carbons (Fsp3) is 0.316. The van der Waals surface area contributed by atoms with E-state index in [1.807, 2.05) is 24.3 Å². The van der Waals surface area contributed by atoms with Gasteiger partial charge in [0.05, 0.1) is 0 Å². The average Bonchev–Trinajstić information content (AvgIpc) is 3.36. The monoisotopic (exact) mass is 365 g/mol. The molecule has 3 rings (SSSR count). The molecule has 2 unspecified atom stereocenters. The van der Waals surface area contributed by atoms with Crippen molar-refractivity contribution in [3.63, 3.8) is 0 Å². The standard InChI is InChI=1S/C19H18ClF2NO2/c1-23(11-12-6-8-13(9-7-12)25-19(21)22)18(24)16-10-15(16)14-4-2-3-5-17(14)20/h2-9,15-16,19H,10-11H2,1H3. The van der Waals surface area contributed by atoms with E-state index < -0.39 is 6.61 Å². The molecule has 6 heteroatoms. The van der Waals surface area contributed by atoms with E-state index in [2.05, 4.69) is 4.74 Å². The Bertz CT molecular complexity index is 751. The fourth-order valence-corrected chi connectivity index (χ4v) is 3.27. The third kappa shape index (κ3) is 4.28. The summed E-state index contributed by atoms with van der Waals surface area (Å²) in [4.78, 5) is 14.2. The molecule has 25 heavy (non-hydrogen) atoms. The van der Waals surface area contributed by atoms with Crippen LogP contribution in [-0.4, -0.2) is 24.5 Å². The highest BCUT2D eigenvalue weighted by Gasteiger charge is 2.45. The van der Waals surface area contributed by atoms with E-state index in [-0.39, 0.29) is 23.5 Å². The van der Waals surface area contributed by atoms with Gasteiger partial charge in [0, 0.05) is 24.5 Å². The number of carbonyl (C=O) groups excluding carboxylic acids is 1. The van der Waals surface area contributed by atoms with Crippen LogP contribution in [0.2, 0.25) is 5.02 Å². The predicted octanol–water partition coefficient (Wildman–Crippen LogP) is 4.70. The molecule has 0 aliphatic heterocycles. The number of hydrogen-bond acceptors (Lipinski definition) is 2. The van der Waals surface area contributed by atoms with Crippen molar-refractivity contribution < 1.29 is 18.3 Å². The van der Waals surface area contributed by atoms with E-state index in [0.717, 1.165) is 17.5 Å². The molecule has 132 valence electrons. The number of hydrogen-bond donors (Lipinski definition) is 0. The lowest BCUT2D eigenvalue weighted by Gasteiger charge is -2.18. The zero-order valence-corrected chi connectivity index (χ0v) is 14.4. The van der Waals surface area contributed by atoms with E-state index in [1.54, 1.807) is 24.1 Å². The third-order valence-electron chi connectivity index (χ3n) is 4.36. The molecular formula is C19H18ClF2NO2. The SMILES string of the molecule is CN(Cc1ccc(OC(F)F)cc1)C(=O)C1CC1c1ccccc1Cl. The molecule has 2 aromatic rings. The molecule has 1 saturated carbocycles. The Kier molecular flexibility index (Phi) is 5.23. The van der Waals surface area contributed by atoms with E-state index >= 15 is 0 Å². The quantitative estimate of drug-likeness (QED) is 0.742. The number of halogens is 3. The van der Waals surface area contributed by atoms with E-state index in [1.165, 1.54) is 12.1 Å². The van der Waals surface area contributed by atoms with Crippen LogP contribution in [0.3, 0.4) is 0 Å². The van der Waals surface area contributed by atoms with Gasteiger partial charge in [-0.25, -0.2) is 0 Å². The molecule has 0 spiro atoms. The summed E-state index contributed by atoms with van der Waals surface area (Å²) < 4.78 is 28.6. The van der Waals surface area contributed by atoms with Crippen LogP contribution in [0, 0.1) is 5.92 Å². The van der Waals surface area contributed by atoms with Gasteiger partial charge in [-0.1, -0.05) is 41.9 Å². The summed E-state index contributed by atoms with van der Waals surface area (Å²) in [7, 11) is 1.74. The Morgan fingerprint density at radius 3 is 2.56 bits per heavy atom. The summed E-state index contributed by atoms with van der Waals surface area (Å²) in [5.74, 6) is 0.295. The van der Waals surface area contributed by atoms with Crippen LogP contribution in [0.1, 0.15) is 23.5 Å². The van der Waals surface area contributed by atoms with Crippen molar-refractivity contribution >= 4 is 17.5 Å². The number of amides is 1. The molecule has 0 aromatic heterocycles. The van der Waals surface area contributed by atoms with Gasteiger partial charge in [-0.3, -0.25) is 4.79 Å². The maximum atomic E-state index is 12.6. The minimum atomic E-state index is -2.84. The molecule has 1 fully saturated rings. The van der Waals surface area contributed by atoms with Crippen molar-refractivity contribution in [3.05, 3.63) is 64.7 Å². The number of rotatable bonds is 6. The van der Waals surface area contributed by atoms with Gasteiger partial charge >= 0.3 is 6.61 Å². The Morgan fingerprint density at radius 1 is 1.24 bits per heavy atom. The fourth-order valence-electron chi connectivity index (χ4n) is 3.00. The molecule has 0 N–H and O–H groups in total. The first-order valence-corrected chi connectivity index (χ1v) is 8.36. The molecule has 0 saturated heterocycles. The minimum Gasteiger partial charge on any atom is -0.435 e. The van der Waals surface area contributed by atoms with Gasteiger partial charge in [0.2, 0.25) is 5.91 Å². The van der Waals surface area contributed by atoms with Crippen molar-refractivity contribution in [2.24, 2.45) is 5.92 Å². The predicted molar refractivity (Wildman–Crippen MR) is 91.8 cm³/mol. The van der Waals surface area contributed by atoms with Crippen molar-refractivity contribution in [2.45, 2.75) is 25.5 Å². The van der Waals surface area contributed by atoms with Gasteiger partial charge < -0.3 is 9.64 Å². The summed E-state index contributed by atoms with van der Waals surface area (Å²) in [6, 6.07) is 13.9. The third-order valence-corrected chi connectivity index (χ3v) is 4.70. The largest absolute Gasteiger partial charge is 0.435 e. The van der Waals surface area contributed by atoms with Gasteiger partial charge in [-0.15, -0.1) is 0 Å². The van der Waals surface area contributed by atoms with Gasteiger partial charge in [0.25, 0.3) is 0 Å². The van der Waals surface area contributed by atoms with Crippen LogP contribution < -0.4 is 4.74 Å². The Morgan fingerprint density at radius 2 is 1.92 bits per heavy atom. The summed E-state index contributed by atoms with van der Waals surface area (Å²) in [5.41, 5.74) is 1.87. The number of ether oxygens (including phenoxy) is 1. The van der Waals surface area contributed by atoms with Gasteiger partial charge in [0.15, 0.2) is 0 Å². The maximum Gasteiger partial charge on any atom is 0.387 e. The molecular weight excluding hydrogens is 348 g/mol. The number of carbonyl (C=O) groups is 1. The maximum absolute atomic E-state index is 12.6. The van der Waals surface area contributed by atoms with Crippen LogP contribution in [-0.2, 0) is 11.3 Å². The smallest absolute Gasteiger partial charge is 0.387 e. The normalized spacial score (nSPS) is 18.9. The van der Waals surface area contributed by atoms with E-state index in [0.29, 0.717) is 11.6 Å². The highest BCUT2D eigenvalue weighted by atomic mass is 35.5. The van der Waals surface area contributed by atoms with Crippen LogP contribution in [0.15, 0.2) is 48.5 Å². The first kappa shape index (κ1) is 17.7.